The third-order valence-corrected chi connectivity index (χ3v) is 2.81. The van der Waals surface area contributed by atoms with Gasteiger partial charge in [0.2, 0.25) is 5.95 Å². The number of aromatic nitrogens is 4. The van der Waals surface area contributed by atoms with Crippen molar-refractivity contribution in [3.63, 3.8) is 0 Å². The van der Waals surface area contributed by atoms with Crippen molar-refractivity contribution in [3.8, 4) is 0 Å². The van der Waals surface area contributed by atoms with Crippen molar-refractivity contribution < 1.29 is 4.74 Å². The van der Waals surface area contributed by atoms with E-state index in [9.17, 15) is 0 Å². The van der Waals surface area contributed by atoms with E-state index in [2.05, 4.69) is 24.8 Å². The first-order valence-corrected chi connectivity index (χ1v) is 5.64. The van der Waals surface area contributed by atoms with Crippen LogP contribution >= 0.6 is 0 Å². The first kappa shape index (κ1) is 10.3. The van der Waals surface area contributed by atoms with Gasteiger partial charge in [-0.15, -0.1) is 0 Å². The number of nitrogens with zero attached hydrogens (tertiary/aromatic N) is 4. The summed E-state index contributed by atoms with van der Waals surface area (Å²) in [5.41, 5.74) is 7.14. The lowest BCUT2D eigenvalue weighted by Crippen LogP contribution is -2.27. The summed E-state index contributed by atoms with van der Waals surface area (Å²) in [6.45, 7) is 3.22. The zero-order valence-corrected chi connectivity index (χ0v) is 9.39. The van der Waals surface area contributed by atoms with Crippen LogP contribution in [0.2, 0.25) is 0 Å². The number of nitrogens with one attached hydrogen (secondary N) is 1. The molecule has 1 aliphatic rings. The molecule has 2 aromatic heterocycles. The highest BCUT2D eigenvalue weighted by Gasteiger charge is 2.16. The van der Waals surface area contributed by atoms with Crippen LogP contribution in [0.4, 0.5) is 11.8 Å². The molecule has 0 aliphatic carbocycles. The van der Waals surface area contributed by atoms with Crippen molar-refractivity contribution >= 4 is 22.9 Å². The van der Waals surface area contributed by atoms with Crippen molar-refractivity contribution in [1.82, 2.24) is 19.9 Å². The average molecular weight is 234 g/mol. The first-order chi connectivity index (χ1) is 8.34. The Bertz CT molecular complexity index is 516. The number of H-pyrrole nitrogens is 1. The summed E-state index contributed by atoms with van der Waals surface area (Å²) in [6.07, 6.45) is 2.59. The number of aromatic amines is 1. The van der Waals surface area contributed by atoms with Crippen LogP contribution in [-0.2, 0) is 4.74 Å². The Morgan fingerprint density at radius 2 is 2.24 bits per heavy atom. The zero-order chi connectivity index (χ0) is 11.7. The van der Waals surface area contributed by atoms with E-state index in [4.69, 9.17) is 10.5 Å². The van der Waals surface area contributed by atoms with Crippen molar-refractivity contribution in [3.05, 3.63) is 6.33 Å². The summed E-state index contributed by atoms with van der Waals surface area (Å²) in [5, 5.41) is 0. The summed E-state index contributed by atoms with van der Waals surface area (Å²) < 4.78 is 5.43. The lowest BCUT2D eigenvalue weighted by molar-refractivity contribution is 0.152. The largest absolute Gasteiger partial charge is 0.380 e. The Morgan fingerprint density at radius 1 is 1.29 bits per heavy atom. The summed E-state index contributed by atoms with van der Waals surface area (Å²) in [6, 6.07) is 0. The molecule has 3 heterocycles. The van der Waals surface area contributed by atoms with Gasteiger partial charge < -0.3 is 20.4 Å². The summed E-state index contributed by atoms with van der Waals surface area (Å²) in [4.78, 5) is 17.7. The Labute approximate surface area is 98.0 Å². The highest BCUT2D eigenvalue weighted by atomic mass is 16.5. The monoisotopic (exact) mass is 234 g/mol. The molecule has 17 heavy (non-hydrogen) atoms. The van der Waals surface area contributed by atoms with Crippen molar-refractivity contribution in [2.75, 3.05) is 36.9 Å². The molecular weight excluding hydrogens is 220 g/mol. The number of nitrogen functional groups attached to an aromatic ring is 1. The highest BCUT2D eigenvalue weighted by Crippen LogP contribution is 2.22. The summed E-state index contributed by atoms with van der Waals surface area (Å²) in [5.74, 6) is 1.07. The Morgan fingerprint density at radius 3 is 3.18 bits per heavy atom. The Balaban J connectivity index is 2.05. The molecule has 0 aromatic carbocycles. The molecule has 1 saturated heterocycles. The van der Waals surface area contributed by atoms with Gasteiger partial charge in [-0.1, -0.05) is 0 Å². The molecule has 2 aromatic rings. The predicted octanol–water partition coefficient (Wildman–Crippen LogP) is 0.162. The van der Waals surface area contributed by atoms with Crippen LogP contribution in [0.15, 0.2) is 6.33 Å². The van der Waals surface area contributed by atoms with Crippen LogP contribution in [-0.4, -0.2) is 46.2 Å². The lowest BCUT2D eigenvalue weighted by Gasteiger charge is -2.20. The van der Waals surface area contributed by atoms with Gasteiger partial charge in [-0.05, 0) is 6.42 Å². The Kier molecular flexibility index (Phi) is 2.52. The second-order valence-electron chi connectivity index (χ2n) is 3.96. The average Bonchev–Trinajstić information content (AvgIpc) is 2.62. The van der Waals surface area contributed by atoms with Crippen LogP contribution < -0.4 is 10.6 Å². The fourth-order valence-electron chi connectivity index (χ4n) is 2.02. The molecule has 0 unspecified atom stereocenters. The maximum absolute atomic E-state index is 5.70. The van der Waals surface area contributed by atoms with Gasteiger partial charge in [-0.3, -0.25) is 0 Å². The van der Waals surface area contributed by atoms with E-state index in [1.165, 1.54) is 0 Å². The van der Waals surface area contributed by atoms with Gasteiger partial charge in [0, 0.05) is 19.7 Å². The van der Waals surface area contributed by atoms with Gasteiger partial charge >= 0.3 is 0 Å². The van der Waals surface area contributed by atoms with Crippen LogP contribution in [0, 0.1) is 0 Å². The molecule has 0 bridgehead atoms. The maximum atomic E-state index is 5.70. The van der Waals surface area contributed by atoms with Crippen LogP contribution in [0.5, 0.6) is 0 Å². The third-order valence-electron chi connectivity index (χ3n) is 2.81. The summed E-state index contributed by atoms with van der Waals surface area (Å²) in [7, 11) is 0. The minimum Gasteiger partial charge on any atom is -0.380 e. The number of hydrogen-bond acceptors (Lipinski definition) is 6. The van der Waals surface area contributed by atoms with Gasteiger partial charge in [0.05, 0.1) is 12.9 Å². The molecule has 0 amide bonds. The van der Waals surface area contributed by atoms with E-state index in [0.29, 0.717) is 12.3 Å². The fourth-order valence-corrected chi connectivity index (χ4v) is 2.02. The molecule has 3 rings (SSSR count). The molecule has 90 valence electrons. The van der Waals surface area contributed by atoms with E-state index < -0.39 is 0 Å². The SMILES string of the molecule is Nc1nc(N2CCCOCC2)c2[nH]cnc2n1. The standard InChI is InChI=1S/C10H14N6O/c11-10-14-8-7(12-6-13-8)9(15-10)16-2-1-4-17-5-3-16/h6H,1-5H2,(H3,11,12,13,14,15). The quantitative estimate of drug-likeness (QED) is 0.730. The fraction of sp³-hybridized carbons (Fsp3) is 0.500. The van der Waals surface area contributed by atoms with Crippen molar-refractivity contribution in [2.45, 2.75) is 6.42 Å². The number of imidazole rings is 1. The second kappa shape index (κ2) is 4.17. The van der Waals surface area contributed by atoms with E-state index in [-0.39, 0.29) is 5.95 Å². The minimum atomic E-state index is 0.254. The number of fused-ring (bicyclic) bond motifs is 1. The number of hydrogen-bond donors (Lipinski definition) is 2. The molecule has 3 N–H and O–H groups in total. The molecule has 0 spiro atoms. The topological polar surface area (TPSA) is 92.9 Å². The van der Waals surface area contributed by atoms with Crippen LogP contribution in [0.3, 0.4) is 0 Å². The van der Waals surface area contributed by atoms with Crippen molar-refractivity contribution in [2.24, 2.45) is 0 Å². The van der Waals surface area contributed by atoms with Crippen LogP contribution in [0.1, 0.15) is 6.42 Å². The van der Waals surface area contributed by atoms with Gasteiger partial charge in [-0.25, -0.2) is 4.98 Å². The molecule has 0 saturated carbocycles. The Hall–Kier alpha value is -1.89. The van der Waals surface area contributed by atoms with E-state index in [1.807, 2.05) is 0 Å². The van der Waals surface area contributed by atoms with E-state index >= 15 is 0 Å². The predicted molar refractivity (Wildman–Crippen MR) is 63.7 cm³/mol. The third kappa shape index (κ3) is 1.89. The minimum absolute atomic E-state index is 0.254. The lowest BCUT2D eigenvalue weighted by atomic mass is 10.3. The van der Waals surface area contributed by atoms with Gasteiger partial charge in [-0.2, -0.15) is 9.97 Å². The van der Waals surface area contributed by atoms with E-state index in [1.54, 1.807) is 6.33 Å². The molecule has 0 radical (unpaired) electrons. The maximum Gasteiger partial charge on any atom is 0.224 e. The smallest absolute Gasteiger partial charge is 0.224 e. The number of anilines is 2. The number of ether oxygens (including phenoxy) is 1. The first-order valence-electron chi connectivity index (χ1n) is 5.64. The molecule has 0 atom stereocenters. The normalized spacial score (nSPS) is 17.3. The zero-order valence-electron chi connectivity index (χ0n) is 9.39. The summed E-state index contributed by atoms with van der Waals surface area (Å²) >= 11 is 0. The van der Waals surface area contributed by atoms with Gasteiger partial charge in [0.25, 0.3) is 0 Å². The van der Waals surface area contributed by atoms with Gasteiger partial charge in [0.1, 0.15) is 5.52 Å². The van der Waals surface area contributed by atoms with Gasteiger partial charge in [0.15, 0.2) is 11.5 Å². The number of nitrogens with two attached hydrogens (primary N) is 1. The van der Waals surface area contributed by atoms with Crippen molar-refractivity contribution in [1.29, 1.82) is 0 Å². The second-order valence-corrected chi connectivity index (χ2v) is 3.96. The molecule has 1 fully saturated rings. The molecule has 7 nitrogen and oxygen atoms in total. The van der Waals surface area contributed by atoms with E-state index in [0.717, 1.165) is 37.5 Å². The molecule has 7 heteroatoms. The number of rotatable bonds is 1. The van der Waals surface area contributed by atoms with Crippen LogP contribution in [0.25, 0.3) is 11.2 Å². The molecular formula is C10H14N6O. The highest BCUT2D eigenvalue weighted by molar-refractivity contribution is 5.84. The molecule has 1 aliphatic heterocycles.